The topological polar surface area (TPSA) is 17.1 Å². The lowest BCUT2D eigenvalue weighted by molar-refractivity contribution is -0.108. The summed E-state index contributed by atoms with van der Waals surface area (Å²) < 4.78 is 0. The van der Waals surface area contributed by atoms with Crippen molar-refractivity contribution in [2.75, 3.05) is 0 Å². The summed E-state index contributed by atoms with van der Waals surface area (Å²) in [5.74, 6) is 0.560. The summed E-state index contributed by atoms with van der Waals surface area (Å²) in [6.07, 6.45) is 1.95. The Labute approximate surface area is 86.7 Å². The van der Waals surface area contributed by atoms with Gasteiger partial charge in [0.25, 0.3) is 0 Å². The van der Waals surface area contributed by atoms with Crippen LogP contribution in [0.4, 0.5) is 0 Å². The third-order valence-corrected chi connectivity index (χ3v) is 3.13. The lowest BCUT2D eigenvalue weighted by Gasteiger charge is -2.00. The van der Waals surface area contributed by atoms with Crippen LogP contribution < -0.4 is 0 Å². The lowest BCUT2D eigenvalue weighted by atomic mass is 10.1. The van der Waals surface area contributed by atoms with Gasteiger partial charge in [0, 0.05) is 5.92 Å². The van der Waals surface area contributed by atoms with E-state index < -0.39 is 0 Å². The van der Waals surface area contributed by atoms with Gasteiger partial charge in [0.2, 0.25) is 0 Å². The quantitative estimate of drug-likeness (QED) is 0.691. The monoisotopic (exact) mass is 214 g/mol. The van der Waals surface area contributed by atoms with Crippen LogP contribution in [-0.4, -0.2) is 6.29 Å². The minimum absolute atomic E-state index is 0.192. The molecule has 0 aromatic heterocycles. The maximum atomic E-state index is 10.4. The molecule has 1 aliphatic carbocycles. The number of carbonyl (C=O) groups is 1. The molecule has 0 heterocycles. The van der Waals surface area contributed by atoms with E-state index in [0.29, 0.717) is 16.0 Å². The average molecular weight is 215 g/mol. The van der Waals surface area contributed by atoms with E-state index in [9.17, 15) is 4.79 Å². The second-order valence-electron chi connectivity index (χ2n) is 3.32. The minimum Gasteiger partial charge on any atom is -0.303 e. The number of rotatable bonds is 2. The predicted octanol–water partition coefficient (Wildman–Crippen LogP) is 3.30. The zero-order valence-electron chi connectivity index (χ0n) is 6.84. The standard InChI is InChI=1S/C10H8Cl2O/c11-9-2-1-6(4-10(9)12)8-3-7(8)5-13/h1-2,4-5,7-8H,3H2/t7-,8-/m0/s1. The zero-order valence-corrected chi connectivity index (χ0v) is 8.35. The van der Waals surface area contributed by atoms with Crippen LogP contribution in [0.1, 0.15) is 17.9 Å². The molecule has 0 N–H and O–H groups in total. The van der Waals surface area contributed by atoms with Crippen LogP contribution in [0.25, 0.3) is 0 Å². The van der Waals surface area contributed by atoms with E-state index in [-0.39, 0.29) is 5.92 Å². The highest BCUT2D eigenvalue weighted by atomic mass is 35.5. The van der Waals surface area contributed by atoms with E-state index in [1.807, 2.05) is 12.1 Å². The van der Waals surface area contributed by atoms with Gasteiger partial charge in [-0.05, 0) is 30.0 Å². The fourth-order valence-electron chi connectivity index (χ4n) is 1.49. The molecule has 0 bridgehead atoms. The van der Waals surface area contributed by atoms with Crippen molar-refractivity contribution in [3.8, 4) is 0 Å². The van der Waals surface area contributed by atoms with Gasteiger partial charge >= 0.3 is 0 Å². The van der Waals surface area contributed by atoms with Gasteiger partial charge in [-0.2, -0.15) is 0 Å². The van der Waals surface area contributed by atoms with Gasteiger partial charge in [-0.1, -0.05) is 29.3 Å². The molecule has 0 aliphatic heterocycles. The van der Waals surface area contributed by atoms with E-state index in [0.717, 1.165) is 18.3 Å². The highest BCUT2D eigenvalue weighted by Gasteiger charge is 2.38. The molecule has 13 heavy (non-hydrogen) atoms. The molecule has 0 amide bonds. The zero-order chi connectivity index (χ0) is 9.42. The number of carbonyl (C=O) groups excluding carboxylic acids is 1. The molecule has 0 radical (unpaired) electrons. The van der Waals surface area contributed by atoms with Gasteiger partial charge in [0.15, 0.2) is 0 Å². The van der Waals surface area contributed by atoms with Crippen LogP contribution in [-0.2, 0) is 4.79 Å². The van der Waals surface area contributed by atoms with Gasteiger partial charge in [-0.15, -0.1) is 0 Å². The molecule has 0 spiro atoms. The summed E-state index contributed by atoms with van der Waals surface area (Å²) in [6, 6.07) is 5.56. The van der Waals surface area contributed by atoms with Crippen molar-refractivity contribution in [3.63, 3.8) is 0 Å². The molecule has 1 aliphatic rings. The molecule has 0 unspecified atom stereocenters. The van der Waals surface area contributed by atoms with Crippen LogP contribution in [0.15, 0.2) is 18.2 Å². The molecule has 68 valence electrons. The Morgan fingerprint density at radius 2 is 2.08 bits per heavy atom. The smallest absolute Gasteiger partial charge is 0.123 e. The Morgan fingerprint density at radius 3 is 2.62 bits per heavy atom. The number of hydrogen-bond acceptors (Lipinski definition) is 1. The van der Waals surface area contributed by atoms with E-state index in [4.69, 9.17) is 23.2 Å². The fraction of sp³-hybridized carbons (Fsp3) is 0.300. The van der Waals surface area contributed by atoms with E-state index in [1.165, 1.54) is 0 Å². The fourth-order valence-corrected chi connectivity index (χ4v) is 1.80. The van der Waals surface area contributed by atoms with Crippen molar-refractivity contribution in [3.05, 3.63) is 33.8 Å². The number of benzene rings is 1. The normalized spacial score (nSPS) is 25.7. The SMILES string of the molecule is O=C[C@@H]1C[C@H]1c1ccc(Cl)c(Cl)c1. The minimum atomic E-state index is 0.192. The maximum Gasteiger partial charge on any atom is 0.123 e. The lowest BCUT2D eigenvalue weighted by Crippen LogP contribution is -1.84. The summed E-state index contributed by atoms with van der Waals surface area (Å²) in [5.41, 5.74) is 1.12. The Hall–Kier alpha value is -0.530. The third kappa shape index (κ3) is 1.72. The number of halogens is 2. The van der Waals surface area contributed by atoms with Crippen LogP contribution in [0.2, 0.25) is 10.0 Å². The average Bonchev–Trinajstić information content (AvgIpc) is 2.88. The summed E-state index contributed by atoms with van der Waals surface area (Å²) in [4.78, 5) is 10.4. The molecule has 1 aromatic rings. The van der Waals surface area contributed by atoms with Crippen LogP contribution in [0.3, 0.4) is 0 Å². The summed E-state index contributed by atoms with van der Waals surface area (Å²) >= 11 is 11.6. The molecule has 1 nitrogen and oxygen atoms in total. The van der Waals surface area contributed by atoms with Gasteiger partial charge in [0.05, 0.1) is 10.0 Å². The number of aldehydes is 1. The number of hydrogen-bond donors (Lipinski definition) is 0. The molecule has 3 heteroatoms. The molecule has 2 atom stereocenters. The molecule has 2 rings (SSSR count). The van der Waals surface area contributed by atoms with Crippen molar-refractivity contribution in [2.24, 2.45) is 5.92 Å². The first-order chi connectivity index (χ1) is 6.22. The van der Waals surface area contributed by atoms with Gasteiger partial charge in [0.1, 0.15) is 6.29 Å². The summed E-state index contributed by atoms with van der Waals surface area (Å²) in [5, 5.41) is 1.13. The largest absolute Gasteiger partial charge is 0.303 e. The molecule has 1 aromatic carbocycles. The molecule has 1 fully saturated rings. The Kier molecular flexibility index (Phi) is 2.31. The predicted molar refractivity (Wildman–Crippen MR) is 53.4 cm³/mol. The highest BCUT2D eigenvalue weighted by Crippen LogP contribution is 2.46. The van der Waals surface area contributed by atoms with E-state index in [2.05, 4.69) is 0 Å². The van der Waals surface area contributed by atoms with Crippen LogP contribution in [0, 0.1) is 5.92 Å². The van der Waals surface area contributed by atoms with Crippen molar-refractivity contribution in [2.45, 2.75) is 12.3 Å². The third-order valence-electron chi connectivity index (χ3n) is 2.39. The van der Waals surface area contributed by atoms with Crippen molar-refractivity contribution < 1.29 is 4.79 Å². The van der Waals surface area contributed by atoms with E-state index in [1.54, 1.807) is 6.07 Å². The Balaban J connectivity index is 2.23. The first-order valence-electron chi connectivity index (χ1n) is 4.12. The van der Waals surface area contributed by atoms with Gasteiger partial charge < -0.3 is 4.79 Å². The van der Waals surface area contributed by atoms with Gasteiger partial charge in [-0.25, -0.2) is 0 Å². The second kappa shape index (κ2) is 3.32. The Morgan fingerprint density at radius 1 is 1.31 bits per heavy atom. The Bertz CT molecular complexity index is 349. The van der Waals surface area contributed by atoms with Crippen LogP contribution in [0.5, 0.6) is 0 Å². The highest BCUT2D eigenvalue weighted by molar-refractivity contribution is 6.42. The molecular formula is C10H8Cl2O. The van der Waals surface area contributed by atoms with Crippen molar-refractivity contribution >= 4 is 29.5 Å². The van der Waals surface area contributed by atoms with Crippen molar-refractivity contribution in [1.29, 1.82) is 0 Å². The second-order valence-corrected chi connectivity index (χ2v) is 4.13. The maximum absolute atomic E-state index is 10.4. The first-order valence-corrected chi connectivity index (χ1v) is 4.88. The first kappa shape index (κ1) is 9.04. The summed E-state index contributed by atoms with van der Waals surface area (Å²) in [7, 11) is 0. The molecular weight excluding hydrogens is 207 g/mol. The van der Waals surface area contributed by atoms with Gasteiger partial charge in [-0.3, -0.25) is 0 Å². The van der Waals surface area contributed by atoms with Crippen molar-refractivity contribution in [1.82, 2.24) is 0 Å². The molecule has 0 saturated heterocycles. The van der Waals surface area contributed by atoms with Crippen LogP contribution >= 0.6 is 23.2 Å². The summed E-state index contributed by atoms with van der Waals surface area (Å²) in [6.45, 7) is 0. The molecule has 1 saturated carbocycles. The van der Waals surface area contributed by atoms with E-state index >= 15 is 0 Å².